The van der Waals surface area contributed by atoms with E-state index in [1.165, 1.54) is 0 Å². The molecule has 100 valence electrons. The summed E-state index contributed by atoms with van der Waals surface area (Å²) in [6.45, 7) is 0.681. The van der Waals surface area contributed by atoms with Crippen molar-refractivity contribution in [2.24, 2.45) is 5.73 Å². The lowest BCUT2D eigenvalue weighted by molar-refractivity contribution is -0.139. The van der Waals surface area contributed by atoms with Crippen LogP contribution >= 0.6 is 0 Å². The Labute approximate surface area is 105 Å². The molecule has 0 amide bonds. The number of nitrogens with two attached hydrogens (primary N) is 1. The number of ether oxygens (including phenoxy) is 1. The zero-order valence-electron chi connectivity index (χ0n) is 9.86. The molecule has 1 aliphatic heterocycles. The molecule has 0 bridgehead atoms. The van der Waals surface area contributed by atoms with E-state index in [2.05, 4.69) is 0 Å². The van der Waals surface area contributed by atoms with Crippen LogP contribution in [0.2, 0.25) is 0 Å². The number of hydrogen-bond donors (Lipinski definition) is 3. The number of carboxylic acids is 2. The van der Waals surface area contributed by atoms with Crippen molar-refractivity contribution in [3.63, 3.8) is 0 Å². The molecule has 0 fully saturated rings. The predicted octanol–water partition coefficient (Wildman–Crippen LogP) is 0.906. The topological polar surface area (TPSA) is 110 Å². The van der Waals surface area contributed by atoms with E-state index in [9.17, 15) is 9.59 Å². The highest BCUT2D eigenvalue weighted by atomic mass is 16.5. The summed E-state index contributed by atoms with van der Waals surface area (Å²) >= 11 is 0. The van der Waals surface area contributed by atoms with E-state index in [0.29, 0.717) is 6.61 Å². The zero-order chi connectivity index (χ0) is 13.8. The van der Waals surface area contributed by atoms with Gasteiger partial charge < -0.3 is 20.7 Å². The summed E-state index contributed by atoms with van der Waals surface area (Å²) in [4.78, 5) is 19.9. The molecule has 1 heterocycles. The minimum atomic E-state index is -1.17. The van der Waals surface area contributed by atoms with E-state index in [4.69, 9.17) is 20.7 Å². The van der Waals surface area contributed by atoms with Crippen molar-refractivity contribution in [2.45, 2.75) is 18.9 Å². The fraction of sp³-hybridized carbons (Fsp3) is 0.333. The maximum absolute atomic E-state index is 9.99. The van der Waals surface area contributed by atoms with Crippen molar-refractivity contribution in [3.8, 4) is 0 Å². The lowest BCUT2D eigenvalue weighted by atomic mass is 10.2. The van der Waals surface area contributed by atoms with E-state index in [0.717, 1.165) is 0 Å². The van der Waals surface area contributed by atoms with Crippen LogP contribution in [0.1, 0.15) is 12.8 Å². The third kappa shape index (κ3) is 10.4. The maximum atomic E-state index is 9.99. The van der Waals surface area contributed by atoms with Crippen molar-refractivity contribution in [1.82, 2.24) is 0 Å². The second kappa shape index (κ2) is 10.1. The van der Waals surface area contributed by atoms with Crippen molar-refractivity contribution in [1.29, 1.82) is 0 Å². The number of rotatable bonds is 4. The lowest BCUT2D eigenvalue weighted by Crippen LogP contribution is -2.30. The Balaban J connectivity index is 0.000000327. The molecule has 0 spiro atoms. The first-order chi connectivity index (χ1) is 8.54. The lowest BCUT2D eigenvalue weighted by Gasteiger charge is -2.01. The molecular weight excluding hydrogens is 238 g/mol. The van der Waals surface area contributed by atoms with Crippen LogP contribution in [-0.4, -0.2) is 34.8 Å². The van der Waals surface area contributed by atoms with Gasteiger partial charge in [0.15, 0.2) is 0 Å². The minimum absolute atomic E-state index is 0.0231. The third-order valence-corrected chi connectivity index (χ3v) is 1.82. The Morgan fingerprint density at radius 3 is 2.50 bits per heavy atom. The second-order valence-electron chi connectivity index (χ2n) is 3.35. The molecule has 0 aromatic rings. The molecule has 0 aliphatic carbocycles. The van der Waals surface area contributed by atoms with Gasteiger partial charge in [-0.25, -0.2) is 0 Å². The quantitative estimate of drug-likeness (QED) is 0.688. The fourth-order valence-electron chi connectivity index (χ4n) is 0.877. The van der Waals surface area contributed by atoms with Crippen LogP contribution in [0.4, 0.5) is 0 Å². The molecular formula is C12H17NO5. The van der Waals surface area contributed by atoms with Crippen LogP contribution in [0.25, 0.3) is 0 Å². The highest BCUT2D eigenvalue weighted by molar-refractivity contribution is 5.74. The summed E-state index contributed by atoms with van der Waals surface area (Å²) < 4.78 is 4.96. The maximum Gasteiger partial charge on any atom is 0.320 e. The van der Waals surface area contributed by atoms with Crippen molar-refractivity contribution in [2.75, 3.05) is 6.61 Å². The van der Waals surface area contributed by atoms with Crippen LogP contribution < -0.4 is 5.73 Å². The molecule has 1 atom stereocenters. The highest BCUT2D eigenvalue weighted by Crippen LogP contribution is 1.93. The molecule has 6 nitrogen and oxygen atoms in total. The first-order valence-electron chi connectivity index (χ1n) is 5.34. The van der Waals surface area contributed by atoms with Gasteiger partial charge in [0.1, 0.15) is 12.6 Å². The second-order valence-corrected chi connectivity index (χ2v) is 3.35. The largest absolute Gasteiger partial charge is 0.497 e. The highest BCUT2D eigenvalue weighted by Gasteiger charge is 2.12. The van der Waals surface area contributed by atoms with E-state index >= 15 is 0 Å². The molecule has 1 aliphatic rings. The van der Waals surface area contributed by atoms with Gasteiger partial charge in [-0.3, -0.25) is 9.59 Å². The average molecular weight is 255 g/mol. The first kappa shape index (κ1) is 15.9. The van der Waals surface area contributed by atoms with Crippen LogP contribution in [-0.2, 0) is 14.3 Å². The van der Waals surface area contributed by atoms with Crippen LogP contribution in [0.15, 0.2) is 36.6 Å². The molecule has 0 aromatic carbocycles. The van der Waals surface area contributed by atoms with Crippen LogP contribution in [0.5, 0.6) is 0 Å². The number of aliphatic carboxylic acids is 2. The van der Waals surface area contributed by atoms with Gasteiger partial charge in [-0.2, -0.15) is 0 Å². The van der Waals surface area contributed by atoms with Gasteiger partial charge in [0.2, 0.25) is 0 Å². The third-order valence-electron chi connectivity index (χ3n) is 1.82. The van der Waals surface area contributed by atoms with Crippen LogP contribution in [0, 0.1) is 0 Å². The average Bonchev–Trinajstić information content (AvgIpc) is 2.25. The van der Waals surface area contributed by atoms with Crippen molar-refractivity contribution < 1.29 is 24.5 Å². The summed E-state index contributed by atoms with van der Waals surface area (Å²) in [5.74, 6) is -2.20. The number of carbonyl (C=O) groups is 2. The molecule has 1 rings (SSSR count). The smallest absolute Gasteiger partial charge is 0.320 e. The molecule has 18 heavy (non-hydrogen) atoms. The van der Waals surface area contributed by atoms with Crippen molar-refractivity contribution in [3.05, 3.63) is 36.6 Å². The van der Waals surface area contributed by atoms with Crippen LogP contribution in [0.3, 0.4) is 0 Å². The number of allylic oxidation sites excluding steroid dienone is 4. The number of hydrogen-bond acceptors (Lipinski definition) is 4. The normalized spacial score (nSPS) is 14.5. The Hall–Kier alpha value is -2.08. The van der Waals surface area contributed by atoms with Gasteiger partial charge in [0.25, 0.3) is 0 Å². The van der Waals surface area contributed by atoms with Gasteiger partial charge in [-0.05, 0) is 18.6 Å². The molecule has 0 aromatic heterocycles. The first-order valence-corrected chi connectivity index (χ1v) is 5.34. The summed E-state index contributed by atoms with van der Waals surface area (Å²) in [6, 6.07) is -1.06. The molecule has 4 N–H and O–H groups in total. The van der Waals surface area contributed by atoms with E-state index in [-0.39, 0.29) is 12.8 Å². The van der Waals surface area contributed by atoms with Gasteiger partial charge in [0, 0.05) is 6.42 Å². The predicted molar refractivity (Wildman–Crippen MR) is 65.9 cm³/mol. The van der Waals surface area contributed by atoms with Gasteiger partial charge in [-0.1, -0.05) is 18.2 Å². The molecule has 0 radical (unpaired) electrons. The summed E-state index contributed by atoms with van der Waals surface area (Å²) in [5, 5.41) is 16.3. The fourth-order valence-corrected chi connectivity index (χ4v) is 0.877. The zero-order valence-corrected chi connectivity index (χ0v) is 9.86. The SMILES string of the molecule is C1=CC=COCC=C1.NC(CCC(=O)O)C(=O)O. The van der Waals surface area contributed by atoms with E-state index in [1.54, 1.807) is 6.26 Å². The summed E-state index contributed by atoms with van der Waals surface area (Å²) in [5.41, 5.74) is 5.00. The molecule has 0 saturated carbocycles. The standard InChI is InChI=1S/C7H8O.C5H9NO4/c1-2-4-6-8-7-5-3-1;6-3(5(9)10)1-2-4(7)8/h1-6H,7H2;3H,1-2,6H2,(H,7,8)(H,9,10). The van der Waals surface area contributed by atoms with E-state index in [1.807, 2.05) is 30.4 Å². The summed E-state index contributed by atoms with van der Waals surface area (Å²) in [6.07, 6.45) is 11.1. The minimum Gasteiger partial charge on any atom is -0.497 e. The number of carboxylic acid groups (broad SMARTS) is 2. The molecule has 1 unspecified atom stereocenters. The summed E-state index contributed by atoms with van der Waals surface area (Å²) in [7, 11) is 0. The van der Waals surface area contributed by atoms with Gasteiger partial charge >= 0.3 is 11.9 Å². The van der Waals surface area contributed by atoms with Gasteiger partial charge in [-0.15, -0.1) is 0 Å². The Kier molecular flexibility index (Phi) is 8.93. The van der Waals surface area contributed by atoms with Gasteiger partial charge in [0.05, 0.1) is 6.26 Å². The Morgan fingerprint density at radius 2 is 1.89 bits per heavy atom. The molecule has 0 saturated heterocycles. The Morgan fingerprint density at radius 1 is 1.22 bits per heavy atom. The molecule has 6 heteroatoms. The Bertz CT molecular complexity index is 330. The van der Waals surface area contributed by atoms with Crippen molar-refractivity contribution >= 4 is 11.9 Å². The van der Waals surface area contributed by atoms with E-state index < -0.39 is 18.0 Å². The monoisotopic (exact) mass is 255 g/mol.